The van der Waals surface area contributed by atoms with Crippen LogP contribution in [0.1, 0.15) is 27.9 Å². The third-order valence-corrected chi connectivity index (χ3v) is 6.30. The number of imide groups is 1. The second-order valence-corrected chi connectivity index (χ2v) is 9.06. The Labute approximate surface area is 207 Å². The summed E-state index contributed by atoms with van der Waals surface area (Å²) in [6.07, 6.45) is 2.56. The van der Waals surface area contributed by atoms with Crippen LogP contribution in [-0.4, -0.2) is 62.0 Å². The molecular formula is C28H33N5O2. The number of benzene rings is 2. The fourth-order valence-electron chi connectivity index (χ4n) is 4.26. The molecule has 0 aliphatic carbocycles. The van der Waals surface area contributed by atoms with Gasteiger partial charge in [-0.2, -0.15) is 0 Å². The van der Waals surface area contributed by atoms with Crippen LogP contribution in [-0.2, 0) is 17.8 Å². The van der Waals surface area contributed by atoms with E-state index in [2.05, 4.69) is 49.3 Å². The van der Waals surface area contributed by atoms with Crippen molar-refractivity contribution >= 4 is 23.3 Å². The van der Waals surface area contributed by atoms with E-state index >= 15 is 0 Å². The Morgan fingerprint density at radius 2 is 1.60 bits per heavy atom. The van der Waals surface area contributed by atoms with Crippen LogP contribution >= 0.6 is 0 Å². The largest absolute Gasteiger partial charge is 0.378 e. The van der Waals surface area contributed by atoms with Crippen LogP contribution in [0.4, 0.5) is 11.5 Å². The average Bonchev–Trinajstić information content (AvgIpc) is 2.89. The molecule has 7 heteroatoms. The van der Waals surface area contributed by atoms with Crippen LogP contribution in [0.2, 0.25) is 0 Å². The summed E-state index contributed by atoms with van der Waals surface area (Å²) >= 11 is 0. The monoisotopic (exact) mass is 471 g/mol. The third-order valence-electron chi connectivity index (χ3n) is 6.30. The predicted molar refractivity (Wildman–Crippen MR) is 140 cm³/mol. The first-order valence-corrected chi connectivity index (χ1v) is 12.1. The topological polar surface area (TPSA) is 68.8 Å². The summed E-state index contributed by atoms with van der Waals surface area (Å²) in [6.45, 7) is 4.20. The maximum atomic E-state index is 12.9. The number of nitrogens with one attached hydrogen (secondary N) is 1. The number of aryl methyl sites for hydroxylation is 1. The number of hydrogen-bond acceptors (Lipinski definition) is 6. The van der Waals surface area contributed by atoms with Crippen molar-refractivity contribution in [3.8, 4) is 0 Å². The molecular weight excluding hydrogens is 438 g/mol. The maximum Gasteiger partial charge on any atom is 0.261 e. The minimum atomic E-state index is -0.394. The number of piperazine rings is 1. The van der Waals surface area contributed by atoms with E-state index in [4.69, 9.17) is 0 Å². The molecule has 0 unspecified atom stereocenters. The van der Waals surface area contributed by atoms with Crippen molar-refractivity contribution in [1.82, 2.24) is 15.2 Å². The highest BCUT2D eigenvalue weighted by molar-refractivity contribution is 6.07. The molecule has 1 aliphatic rings. The molecule has 2 heterocycles. The van der Waals surface area contributed by atoms with Crippen LogP contribution < -0.4 is 15.1 Å². The van der Waals surface area contributed by atoms with Crippen molar-refractivity contribution in [1.29, 1.82) is 0 Å². The van der Waals surface area contributed by atoms with Gasteiger partial charge in [-0.15, -0.1) is 0 Å². The van der Waals surface area contributed by atoms with Gasteiger partial charge in [0, 0.05) is 65.1 Å². The van der Waals surface area contributed by atoms with Gasteiger partial charge in [-0.05, 0) is 41.8 Å². The number of nitrogens with zero attached hydrogens (tertiary/aromatic N) is 4. The number of carbonyl (C=O) groups excluding carboxylic acids is 2. The van der Waals surface area contributed by atoms with Crippen molar-refractivity contribution in [2.45, 2.75) is 19.4 Å². The Morgan fingerprint density at radius 1 is 0.886 bits per heavy atom. The van der Waals surface area contributed by atoms with E-state index in [0.717, 1.165) is 38.3 Å². The maximum absolute atomic E-state index is 12.9. The van der Waals surface area contributed by atoms with E-state index < -0.39 is 5.91 Å². The normalized spacial score (nSPS) is 13.9. The third kappa shape index (κ3) is 6.67. The zero-order valence-electron chi connectivity index (χ0n) is 20.5. The number of amides is 2. The molecule has 35 heavy (non-hydrogen) atoms. The number of carbonyl (C=O) groups is 2. The van der Waals surface area contributed by atoms with E-state index in [9.17, 15) is 9.59 Å². The summed E-state index contributed by atoms with van der Waals surface area (Å²) in [5, 5.41) is 2.54. The van der Waals surface area contributed by atoms with Crippen molar-refractivity contribution in [3.05, 3.63) is 89.6 Å². The van der Waals surface area contributed by atoms with E-state index in [1.165, 1.54) is 11.3 Å². The Bertz CT molecular complexity index is 1120. The molecule has 0 radical (unpaired) electrons. The van der Waals surface area contributed by atoms with Gasteiger partial charge in [0.15, 0.2) is 0 Å². The summed E-state index contributed by atoms with van der Waals surface area (Å²) < 4.78 is 0. The second kappa shape index (κ2) is 11.6. The van der Waals surface area contributed by atoms with Crippen molar-refractivity contribution < 1.29 is 9.59 Å². The first-order chi connectivity index (χ1) is 17.0. The molecule has 0 spiro atoms. The molecule has 1 aromatic heterocycles. The molecule has 0 atom stereocenters. The highest BCUT2D eigenvalue weighted by atomic mass is 16.2. The summed E-state index contributed by atoms with van der Waals surface area (Å²) in [5.74, 6) is -0.0378. The lowest BCUT2D eigenvalue weighted by Crippen LogP contribution is -2.47. The second-order valence-electron chi connectivity index (χ2n) is 9.06. The standard InChI is InChI=1S/C28H33N5O2/c1-31(2)24-13-10-23(11-14-24)21-32-17-19-33(20-18-32)27-25(9-6-16-29-27)28(35)30-26(34)15-12-22-7-4-3-5-8-22/h3-11,13-14,16H,12,15,17-21H2,1-2H3,(H,30,34,35). The quantitative estimate of drug-likeness (QED) is 0.543. The van der Waals surface area contributed by atoms with Crippen LogP contribution in [0.3, 0.4) is 0 Å². The smallest absolute Gasteiger partial charge is 0.261 e. The van der Waals surface area contributed by atoms with E-state index in [1.807, 2.05) is 44.4 Å². The Kier molecular flexibility index (Phi) is 8.11. The number of rotatable bonds is 8. The first kappa shape index (κ1) is 24.4. The van der Waals surface area contributed by atoms with Gasteiger partial charge in [-0.25, -0.2) is 4.98 Å². The summed E-state index contributed by atoms with van der Waals surface area (Å²) in [7, 11) is 4.09. The van der Waals surface area contributed by atoms with E-state index in [-0.39, 0.29) is 12.3 Å². The van der Waals surface area contributed by atoms with Crippen LogP contribution in [0.15, 0.2) is 72.9 Å². The number of hydrogen-bond donors (Lipinski definition) is 1. The van der Waals surface area contributed by atoms with E-state index in [0.29, 0.717) is 17.8 Å². The van der Waals surface area contributed by atoms with Gasteiger partial charge in [0.2, 0.25) is 5.91 Å². The molecule has 4 rings (SSSR count). The van der Waals surface area contributed by atoms with Gasteiger partial charge >= 0.3 is 0 Å². The van der Waals surface area contributed by atoms with Gasteiger partial charge in [0.25, 0.3) is 5.91 Å². The highest BCUT2D eigenvalue weighted by Gasteiger charge is 2.23. The average molecular weight is 472 g/mol. The lowest BCUT2D eigenvalue weighted by molar-refractivity contribution is -0.120. The Morgan fingerprint density at radius 3 is 2.29 bits per heavy atom. The molecule has 1 N–H and O–H groups in total. The molecule has 182 valence electrons. The predicted octanol–water partition coefficient (Wildman–Crippen LogP) is 3.36. The minimum Gasteiger partial charge on any atom is -0.378 e. The van der Waals surface area contributed by atoms with Crippen LogP contribution in [0.25, 0.3) is 0 Å². The molecule has 2 amide bonds. The van der Waals surface area contributed by atoms with Gasteiger partial charge in [-0.3, -0.25) is 19.8 Å². The van der Waals surface area contributed by atoms with Gasteiger partial charge in [0.05, 0.1) is 5.56 Å². The van der Waals surface area contributed by atoms with Crippen LogP contribution in [0.5, 0.6) is 0 Å². The zero-order chi connectivity index (χ0) is 24.6. The fourth-order valence-corrected chi connectivity index (χ4v) is 4.26. The number of pyridine rings is 1. The Balaban J connectivity index is 1.31. The molecule has 2 aromatic carbocycles. The van der Waals surface area contributed by atoms with E-state index in [1.54, 1.807) is 18.3 Å². The number of aromatic nitrogens is 1. The first-order valence-electron chi connectivity index (χ1n) is 12.1. The number of anilines is 2. The molecule has 1 saturated heterocycles. The SMILES string of the molecule is CN(C)c1ccc(CN2CCN(c3ncccc3C(=O)NC(=O)CCc3ccccc3)CC2)cc1. The van der Waals surface area contributed by atoms with Gasteiger partial charge in [-0.1, -0.05) is 42.5 Å². The van der Waals surface area contributed by atoms with Crippen LogP contribution in [0, 0.1) is 0 Å². The highest BCUT2D eigenvalue weighted by Crippen LogP contribution is 2.20. The molecule has 3 aromatic rings. The lowest BCUT2D eigenvalue weighted by Gasteiger charge is -2.36. The zero-order valence-corrected chi connectivity index (χ0v) is 20.5. The molecule has 0 saturated carbocycles. The summed E-state index contributed by atoms with van der Waals surface area (Å²) in [6, 6.07) is 21.9. The molecule has 7 nitrogen and oxygen atoms in total. The fraction of sp³-hybridized carbons (Fsp3) is 0.321. The van der Waals surface area contributed by atoms with Crippen molar-refractivity contribution in [2.24, 2.45) is 0 Å². The summed E-state index contributed by atoms with van der Waals surface area (Å²) in [5.41, 5.74) is 3.99. The van der Waals surface area contributed by atoms with Gasteiger partial charge in [0.1, 0.15) is 5.82 Å². The van der Waals surface area contributed by atoms with Gasteiger partial charge < -0.3 is 9.80 Å². The summed E-state index contributed by atoms with van der Waals surface area (Å²) in [4.78, 5) is 36.4. The van der Waals surface area contributed by atoms with Crippen molar-refractivity contribution in [2.75, 3.05) is 50.1 Å². The van der Waals surface area contributed by atoms with Crippen molar-refractivity contribution in [3.63, 3.8) is 0 Å². The molecule has 1 fully saturated rings. The Hall–Kier alpha value is -3.71. The molecule has 1 aliphatic heterocycles. The lowest BCUT2D eigenvalue weighted by atomic mass is 10.1. The minimum absolute atomic E-state index is 0.263. The molecule has 0 bridgehead atoms.